The van der Waals surface area contributed by atoms with Crippen LogP contribution in [0.3, 0.4) is 0 Å². The third-order valence-corrected chi connectivity index (χ3v) is 3.43. The molecule has 0 fully saturated rings. The molecule has 0 aliphatic rings. The van der Waals surface area contributed by atoms with Crippen LogP contribution in [-0.4, -0.2) is 22.4 Å². The number of hydrogen-bond acceptors (Lipinski definition) is 4. The number of nitro benzene ring substituents is 1. The Hall–Kier alpha value is -2.96. The van der Waals surface area contributed by atoms with Crippen LogP contribution in [-0.2, 0) is 6.54 Å². The third kappa shape index (κ3) is 3.03. The van der Waals surface area contributed by atoms with E-state index in [1.165, 1.54) is 36.0 Å². The third-order valence-electron chi connectivity index (χ3n) is 3.43. The van der Waals surface area contributed by atoms with E-state index in [0.29, 0.717) is 16.7 Å². The standard InChI is InChI=1S/C15H15N3O4/c1-10-11(4-3-5-13(10)18(21)22)8-17-9-12(15(20)16-2)6-7-14(17)19/h3-7,9H,8H2,1-2H3,(H,16,20). The lowest BCUT2D eigenvalue weighted by molar-refractivity contribution is -0.385. The molecule has 1 aromatic heterocycles. The van der Waals surface area contributed by atoms with Crippen LogP contribution in [0.2, 0.25) is 0 Å². The average Bonchev–Trinajstić information content (AvgIpc) is 2.50. The van der Waals surface area contributed by atoms with Crippen molar-refractivity contribution >= 4 is 11.6 Å². The molecule has 2 rings (SSSR count). The number of nitrogens with zero attached hydrogens (tertiary/aromatic N) is 2. The van der Waals surface area contributed by atoms with E-state index in [9.17, 15) is 19.7 Å². The Morgan fingerprint density at radius 1 is 1.32 bits per heavy atom. The van der Waals surface area contributed by atoms with E-state index in [0.717, 1.165) is 0 Å². The summed E-state index contributed by atoms with van der Waals surface area (Å²) in [7, 11) is 1.50. The summed E-state index contributed by atoms with van der Waals surface area (Å²) >= 11 is 0. The van der Waals surface area contributed by atoms with E-state index in [1.54, 1.807) is 19.1 Å². The van der Waals surface area contributed by atoms with Crippen molar-refractivity contribution in [2.75, 3.05) is 7.05 Å². The van der Waals surface area contributed by atoms with Gasteiger partial charge < -0.3 is 9.88 Å². The lowest BCUT2D eigenvalue weighted by Crippen LogP contribution is -2.24. The highest BCUT2D eigenvalue weighted by Crippen LogP contribution is 2.21. The molecule has 114 valence electrons. The van der Waals surface area contributed by atoms with Gasteiger partial charge in [-0.3, -0.25) is 19.7 Å². The second-order valence-electron chi connectivity index (χ2n) is 4.78. The molecule has 1 aromatic carbocycles. The summed E-state index contributed by atoms with van der Waals surface area (Å²) in [6.07, 6.45) is 1.44. The predicted octanol–water partition coefficient (Wildman–Crippen LogP) is 1.47. The van der Waals surface area contributed by atoms with Crippen molar-refractivity contribution < 1.29 is 9.72 Å². The monoisotopic (exact) mass is 301 g/mol. The van der Waals surface area contributed by atoms with Crippen molar-refractivity contribution in [3.63, 3.8) is 0 Å². The quantitative estimate of drug-likeness (QED) is 0.683. The molecule has 22 heavy (non-hydrogen) atoms. The SMILES string of the molecule is CNC(=O)c1ccc(=O)n(Cc2cccc([N+](=O)[O-])c2C)c1. The molecule has 7 heteroatoms. The Labute approximate surface area is 126 Å². The second kappa shape index (κ2) is 6.21. The molecule has 2 aromatic rings. The number of nitro groups is 1. The summed E-state index contributed by atoms with van der Waals surface area (Å²) < 4.78 is 1.36. The molecule has 0 spiro atoms. The van der Waals surface area contributed by atoms with Gasteiger partial charge in [0, 0.05) is 30.9 Å². The zero-order valence-corrected chi connectivity index (χ0v) is 12.2. The van der Waals surface area contributed by atoms with Gasteiger partial charge in [0.1, 0.15) is 0 Å². The minimum Gasteiger partial charge on any atom is -0.355 e. The Balaban J connectivity index is 2.43. The van der Waals surface area contributed by atoms with Crippen LogP contribution in [0, 0.1) is 17.0 Å². The molecule has 0 aliphatic carbocycles. The molecule has 1 N–H and O–H groups in total. The molecule has 1 heterocycles. The normalized spacial score (nSPS) is 10.3. The van der Waals surface area contributed by atoms with Gasteiger partial charge in [0.15, 0.2) is 0 Å². The lowest BCUT2D eigenvalue weighted by atomic mass is 10.1. The van der Waals surface area contributed by atoms with Crippen molar-refractivity contribution in [3.05, 3.63) is 73.7 Å². The number of rotatable bonds is 4. The van der Waals surface area contributed by atoms with Gasteiger partial charge in [-0.1, -0.05) is 12.1 Å². The molecule has 0 unspecified atom stereocenters. The average molecular weight is 301 g/mol. The summed E-state index contributed by atoms with van der Waals surface area (Å²) in [5.41, 5.74) is 1.24. The summed E-state index contributed by atoms with van der Waals surface area (Å²) in [5, 5.41) is 13.4. The van der Waals surface area contributed by atoms with Gasteiger partial charge in [-0.15, -0.1) is 0 Å². The maximum atomic E-state index is 11.9. The molecule has 0 atom stereocenters. The summed E-state index contributed by atoms with van der Waals surface area (Å²) in [4.78, 5) is 34.0. The fourth-order valence-electron chi connectivity index (χ4n) is 2.16. The number of nitrogens with one attached hydrogen (secondary N) is 1. The number of benzene rings is 1. The molecule has 0 radical (unpaired) electrons. The van der Waals surface area contributed by atoms with Gasteiger partial charge in [-0.25, -0.2) is 0 Å². The first-order valence-corrected chi connectivity index (χ1v) is 6.59. The van der Waals surface area contributed by atoms with Gasteiger partial charge in [-0.05, 0) is 18.6 Å². The maximum absolute atomic E-state index is 11.9. The van der Waals surface area contributed by atoms with Crippen molar-refractivity contribution in [1.29, 1.82) is 0 Å². The van der Waals surface area contributed by atoms with E-state index in [1.807, 2.05) is 0 Å². The lowest BCUT2D eigenvalue weighted by Gasteiger charge is -2.10. The van der Waals surface area contributed by atoms with E-state index in [-0.39, 0.29) is 23.7 Å². The number of carbonyl (C=O) groups is 1. The Kier molecular flexibility index (Phi) is 4.36. The molecular weight excluding hydrogens is 286 g/mol. The van der Waals surface area contributed by atoms with E-state index in [4.69, 9.17) is 0 Å². The zero-order valence-electron chi connectivity index (χ0n) is 12.2. The molecule has 0 bridgehead atoms. The van der Waals surface area contributed by atoms with Gasteiger partial charge >= 0.3 is 0 Å². The number of carbonyl (C=O) groups excluding carboxylic acids is 1. The largest absolute Gasteiger partial charge is 0.355 e. The Bertz CT molecular complexity index is 796. The van der Waals surface area contributed by atoms with E-state index < -0.39 is 4.92 Å². The minimum atomic E-state index is -0.456. The van der Waals surface area contributed by atoms with Crippen LogP contribution in [0.25, 0.3) is 0 Å². The predicted molar refractivity (Wildman–Crippen MR) is 81.0 cm³/mol. The molecule has 1 amide bonds. The Morgan fingerprint density at radius 2 is 2.05 bits per heavy atom. The summed E-state index contributed by atoms with van der Waals surface area (Å²) in [5.74, 6) is -0.301. The molecule has 0 aliphatic heterocycles. The highest BCUT2D eigenvalue weighted by Gasteiger charge is 2.14. The van der Waals surface area contributed by atoms with Crippen LogP contribution in [0.15, 0.2) is 41.3 Å². The van der Waals surface area contributed by atoms with Crippen molar-refractivity contribution in [2.24, 2.45) is 0 Å². The second-order valence-corrected chi connectivity index (χ2v) is 4.78. The summed E-state index contributed by atoms with van der Waals surface area (Å²) in [6.45, 7) is 1.80. The van der Waals surface area contributed by atoms with Crippen LogP contribution in [0.5, 0.6) is 0 Å². The van der Waals surface area contributed by atoms with Crippen LogP contribution in [0.4, 0.5) is 5.69 Å². The van der Waals surface area contributed by atoms with Crippen molar-refractivity contribution in [2.45, 2.75) is 13.5 Å². The highest BCUT2D eigenvalue weighted by atomic mass is 16.6. The zero-order chi connectivity index (χ0) is 16.3. The number of aromatic nitrogens is 1. The van der Waals surface area contributed by atoms with Crippen LogP contribution < -0.4 is 10.9 Å². The van der Waals surface area contributed by atoms with Gasteiger partial charge in [-0.2, -0.15) is 0 Å². The highest BCUT2D eigenvalue weighted by molar-refractivity contribution is 5.93. The first-order chi connectivity index (χ1) is 10.4. The molecule has 7 nitrogen and oxygen atoms in total. The molecule has 0 saturated heterocycles. The maximum Gasteiger partial charge on any atom is 0.272 e. The van der Waals surface area contributed by atoms with E-state index >= 15 is 0 Å². The fourth-order valence-corrected chi connectivity index (χ4v) is 2.16. The van der Waals surface area contributed by atoms with Gasteiger partial charge in [0.2, 0.25) is 0 Å². The van der Waals surface area contributed by atoms with Crippen LogP contribution in [0.1, 0.15) is 21.5 Å². The topological polar surface area (TPSA) is 94.2 Å². The number of amides is 1. The molecule has 0 saturated carbocycles. The van der Waals surface area contributed by atoms with Gasteiger partial charge in [0.25, 0.3) is 17.2 Å². The number of hydrogen-bond donors (Lipinski definition) is 1. The molecular formula is C15H15N3O4. The van der Waals surface area contributed by atoms with E-state index in [2.05, 4.69) is 5.32 Å². The Morgan fingerprint density at radius 3 is 2.68 bits per heavy atom. The minimum absolute atomic E-state index is 0.00741. The fraction of sp³-hybridized carbons (Fsp3) is 0.200. The smallest absolute Gasteiger partial charge is 0.272 e. The van der Waals surface area contributed by atoms with Gasteiger partial charge in [0.05, 0.1) is 17.0 Å². The van der Waals surface area contributed by atoms with Crippen molar-refractivity contribution in [1.82, 2.24) is 9.88 Å². The van der Waals surface area contributed by atoms with Crippen LogP contribution >= 0.6 is 0 Å². The summed E-state index contributed by atoms with van der Waals surface area (Å²) in [6, 6.07) is 7.47. The number of pyridine rings is 1. The van der Waals surface area contributed by atoms with Crippen molar-refractivity contribution in [3.8, 4) is 0 Å². The first-order valence-electron chi connectivity index (χ1n) is 6.59. The first kappa shape index (κ1) is 15.4.